The third-order valence-electron chi connectivity index (χ3n) is 4.40. The Labute approximate surface area is 136 Å². The van der Waals surface area contributed by atoms with E-state index in [1.54, 1.807) is 4.68 Å². The number of nitrogens with one attached hydrogen (secondary N) is 1. The lowest BCUT2D eigenvalue weighted by atomic mass is 10.2. The SMILES string of the molecule is CCC(CC)NC(=O)c1nc(N2CCCC2)c2cn(C)nc2n1. The summed E-state index contributed by atoms with van der Waals surface area (Å²) in [5.41, 5.74) is 0.582. The Morgan fingerprint density at radius 3 is 2.61 bits per heavy atom. The normalized spacial score (nSPS) is 14.9. The number of hydrogen-bond acceptors (Lipinski definition) is 5. The molecule has 2 aromatic heterocycles. The molecular formula is C16H24N6O. The van der Waals surface area contributed by atoms with Crippen molar-refractivity contribution >= 4 is 22.8 Å². The van der Waals surface area contributed by atoms with E-state index in [0.717, 1.165) is 50.0 Å². The van der Waals surface area contributed by atoms with Gasteiger partial charge in [-0.15, -0.1) is 0 Å². The highest BCUT2D eigenvalue weighted by molar-refractivity contribution is 5.95. The molecule has 0 aliphatic carbocycles. The van der Waals surface area contributed by atoms with Crippen molar-refractivity contribution in [3.8, 4) is 0 Å². The lowest BCUT2D eigenvalue weighted by molar-refractivity contribution is 0.0924. The molecule has 124 valence electrons. The van der Waals surface area contributed by atoms with Crippen LogP contribution in [0.5, 0.6) is 0 Å². The molecule has 23 heavy (non-hydrogen) atoms. The number of hydrogen-bond donors (Lipinski definition) is 1. The van der Waals surface area contributed by atoms with Gasteiger partial charge in [0.1, 0.15) is 5.82 Å². The van der Waals surface area contributed by atoms with Crippen LogP contribution in [0, 0.1) is 0 Å². The van der Waals surface area contributed by atoms with Gasteiger partial charge < -0.3 is 10.2 Å². The van der Waals surface area contributed by atoms with Crippen LogP contribution in [0.4, 0.5) is 5.82 Å². The number of fused-ring (bicyclic) bond motifs is 1. The molecule has 1 N–H and O–H groups in total. The third-order valence-corrected chi connectivity index (χ3v) is 4.40. The Bertz CT molecular complexity index is 700. The van der Waals surface area contributed by atoms with Crippen LogP contribution in [-0.2, 0) is 7.05 Å². The molecule has 1 amide bonds. The van der Waals surface area contributed by atoms with Crippen molar-refractivity contribution in [2.75, 3.05) is 18.0 Å². The fourth-order valence-electron chi connectivity index (χ4n) is 3.02. The van der Waals surface area contributed by atoms with E-state index in [1.165, 1.54) is 0 Å². The smallest absolute Gasteiger partial charge is 0.289 e. The van der Waals surface area contributed by atoms with Crippen LogP contribution in [0.25, 0.3) is 11.0 Å². The second kappa shape index (κ2) is 6.52. The summed E-state index contributed by atoms with van der Waals surface area (Å²) in [6, 6.07) is 0.153. The van der Waals surface area contributed by atoms with Crippen LogP contribution in [0.2, 0.25) is 0 Å². The molecule has 7 nitrogen and oxygen atoms in total. The first-order valence-corrected chi connectivity index (χ1v) is 8.39. The highest BCUT2D eigenvalue weighted by atomic mass is 16.2. The molecule has 1 fully saturated rings. The van der Waals surface area contributed by atoms with Crippen molar-refractivity contribution in [2.45, 2.75) is 45.6 Å². The molecule has 2 aromatic rings. The topological polar surface area (TPSA) is 75.9 Å². The molecule has 0 saturated carbocycles. The first kappa shape index (κ1) is 15.7. The third kappa shape index (κ3) is 3.13. The minimum Gasteiger partial charge on any atom is -0.356 e. The highest BCUT2D eigenvalue weighted by Crippen LogP contribution is 2.26. The van der Waals surface area contributed by atoms with Gasteiger partial charge in [-0.25, -0.2) is 9.97 Å². The maximum atomic E-state index is 12.5. The quantitative estimate of drug-likeness (QED) is 0.911. The molecule has 0 bridgehead atoms. The molecule has 1 saturated heterocycles. The highest BCUT2D eigenvalue weighted by Gasteiger charge is 2.22. The zero-order valence-corrected chi connectivity index (χ0v) is 14.0. The van der Waals surface area contributed by atoms with Crippen LogP contribution in [0.3, 0.4) is 0 Å². The number of rotatable bonds is 5. The summed E-state index contributed by atoms with van der Waals surface area (Å²) < 4.78 is 1.72. The van der Waals surface area contributed by atoms with Gasteiger partial charge in [0.25, 0.3) is 5.91 Å². The van der Waals surface area contributed by atoms with Crippen molar-refractivity contribution in [3.63, 3.8) is 0 Å². The van der Waals surface area contributed by atoms with Crippen molar-refractivity contribution in [3.05, 3.63) is 12.0 Å². The molecule has 0 radical (unpaired) electrons. The molecule has 3 heterocycles. The lowest BCUT2D eigenvalue weighted by Crippen LogP contribution is -2.35. The second-order valence-electron chi connectivity index (χ2n) is 6.09. The van der Waals surface area contributed by atoms with E-state index in [1.807, 2.05) is 13.2 Å². The van der Waals surface area contributed by atoms with Crippen molar-refractivity contribution < 1.29 is 4.79 Å². The van der Waals surface area contributed by atoms with E-state index < -0.39 is 0 Å². The van der Waals surface area contributed by atoms with E-state index in [9.17, 15) is 4.79 Å². The Morgan fingerprint density at radius 1 is 1.26 bits per heavy atom. The summed E-state index contributed by atoms with van der Waals surface area (Å²) in [7, 11) is 1.86. The van der Waals surface area contributed by atoms with E-state index in [4.69, 9.17) is 0 Å². The zero-order valence-electron chi connectivity index (χ0n) is 14.0. The minimum absolute atomic E-state index is 0.153. The average Bonchev–Trinajstić information content (AvgIpc) is 3.19. The predicted molar refractivity (Wildman–Crippen MR) is 89.6 cm³/mol. The van der Waals surface area contributed by atoms with Crippen LogP contribution >= 0.6 is 0 Å². The van der Waals surface area contributed by atoms with E-state index in [0.29, 0.717) is 5.65 Å². The molecule has 0 atom stereocenters. The van der Waals surface area contributed by atoms with Gasteiger partial charge in [0, 0.05) is 32.4 Å². The van der Waals surface area contributed by atoms with Crippen LogP contribution in [-0.4, -0.2) is 44.8 Å². The summed E-state index contributed by atoms with van der Waals surface area (Å²) in [6.07, 6.45) is 6.02. The van der Waals surface area contributed by atoms with Crippen LogP contribution in [0.15, 0.2) is 6.20 Å². The van der Waals surface area contributed by atoms with Gasteiger partial charge in [-0.2, -0.15) is 5.10 Å². The number of carbonyl (C=O) groups is 1. The maximum absolute atomic E-state index is 12.5. The molecule has 1 aliphatic heterocycles. The monoisotopic (exact) mass is 316 g/mol. The van der Waals surface area contributed by atoms with Crippen molar-refractivity contribution in [1.82, 2.24) is 25.1 Å². The first-order chi connectivity index (χ1) is 11.1. The molecule has 7 heteroatoms. The summed E-state index contributed by atoms with van der Waals surface area (Å²) in [6.45, 7) is 6.06. The van der Waals surface area contributed by atoms with Gasteiger partial charge in [-0.1, -0.05) is 13.8 Å². The van der Waals surface area contributed by atoms with E-state index in [2.05, 4.69) is 39.1 Å². The second-order valence-corrected chi connectivity index (χ2v) is 6.09. The molecule has 0 aromatic carbocycles. The van der Waals surface area contributed by atoms with Crippen molar-refractivity contribution in [2.24, 2.45) is 7.05 Å². The molecule has 0 spiro atoms. The fraction of sp³-hybridized carbons (Fsp3) is 0.625. The Hall–Kier alpha value is -2.18. The Morgan fingerprint density at radius 2 is 1.96 bits per heavy atom. The summed E-state index contributed by atoms with van der Waals surface area (Å²) in [5.74, 6) is 0.826. The number of anilines is 1. The Kier molecular flexibility index (Phi) is 4.45. The zero-order chi connectivity index (χ0) is 16.4. The predicted octanol–water partition coefficient (Wildman–Crippen LogP) is 1.88. The summed E-state index contributed by atoms with van der Waals surface area (Å²) >= 11 is 0. The molecule has 1 aliphatic rings. The van der Waals surface area contributed by atoms with Gasteiger partial charge in [-0.05, 0) is 25.7 Å². The van der Waals surface area contributed by atoms with Gasteiger partial charge in [-0.3, -0.25) is 9.48 Å². The standard InChI is InChI=1S/C16H24N6O/c1-4-11(5-2)17-16(23)14-18-13-12(10-21(3)20-13)15(19-14)22-8-6-7-9-22/h10-11H,4-9H2,1-3H3,(H,17,23). The van der Waals surface area contributed by atoms with Crippen LogP contribution in [0.1, 0.15) is 50.1 Å². The molecule has 3 rings (SSSR count). The Balaban J connectivity index is 1.98. The lowest BCUT2D eigenvalue weighted by Gasteiger charge is -2.18. The average molecular weight is 316 g/mol. The number of aromatic nitrogens is 4. The number of aryl methyl sites for hydroxylation is 1. The van der Waals surface area contributed by atoms with Crippen molar-refractivity contribution in [1.29, 1.82) is 0 Å². The van der Waals surface area contributed by atoms with Gasteiger partial charge in [0.15, 0.2) is 5.65 Å². The maximum Gasteiger partial charge on any atom is 0.289 e. The minimum atomic E-state index is -0.216. The number of carbonyl (C=O) groups excluding carboxylic acids is 1. The number of nitrogens with zero attached hydrogens (tertiary/aromatic N) is 5. The molecular weight excluding hydrogens is 292 g/mol. The number of amides is 1. The summed E-state index contributed by atoms with van der Waals surface area (Å²) in [5, 5.41) is 8.28. The van der Waals surface area contributed by atoms with Crippen LogP contribution < -0.4 is 10.2 Å². The van der Waals surface area contributed by atoms with Gasteiger partial charge >= 0.3 is 0 Å². The van der Waals surface area contributed by atoms with Gasteiger partial charge in [0.05, 0.1) is 5.39 Å². The largest absolute Gasteiger partial charge is 0.356 e. The fourth-order valence-corrected chi connectivity index (χ4v) is 3.02. The van der Waals surface area contributed by atoms with Gasteiger partial charge in [0.2, 0.25) is 5.82 Å². The molecule has 0 unspecified atom stereocenters. The summed E-state index contributed by atoms with van der Waals surface area (Å²) in [4.78, 5) is 23.7. The van der Waals surface area contributed by atoms with E-state index in [-0.39, 0.29) is 17.8 Å². The first-order valence-electron chi connectivity index (χ1n) is 8.39. The van der Waals surface area contributed by atoms with E-state index >= 15 is 0 Å².